The molecule has 5 heteroatoms. The van der Waals surface area contributed by atoms with Crippen LogP contribution in [0, 0.1) is 25.5 Å². The van der Waals surface area contributed by atoms with Gasteiger partial charge in [-0.25, -0.2) is 8.78 Å². The average molecular weight is 470 g/mol. The predicted octanol–water partition coefficient (Wildman–Crippen LogP) is 6.75. The third-order valence-corrected chi connectivity index (χ3v) is 5.35. The van der Waals surface area contributed by atoms with Crippen molar-refractivity contribution in [3.8, 4) is 0 Å². The zero-order valence-electron chi connectivity index (χ0n) is 18.2. The lowest BCUT2D eigenvalue weighted by Gasteiger charge is -2.34. The molecule has 0 heterocycles. The van der Waals surface area contributed by atoms with Crippen molar-refractivity contribution in [3.63, 3.8) is 0 Å². The summed E-state index contributed by atoms with van der Waals surface area (Å²) in [6.07, 6.45) is 1.37. The Morgan fingerprint density at radius 1 is 0.862 bits per heavy atom. The van der Waals surface area contributed by atoms with E-state index in [0.717, 1.165) is 42.6 Å². The fourth-order valence-corrected chi connectivity index (χ4v) is 4.22. The molecule has 0 aliphatic carbocycles. The fourth-order valence-electron chi connectivity index (χ4n) is 4.22. The fraction of sp³-hybridized carbons (Fsp3) is 0.500. The zero-order chi connectivity index (χ0) is 20.7. The molecule has 0 aliphatic rings. The van der Waals surface area contributed by atoms with Crippen molar-refractivity contribution in [1.29, 1.82) is 0 Å². The van der Waals surface area contributed by atoms with E-state index in [9.17, 15) is 8.78 Å². The van der Waals surface area contributed by atoms with Gasteiger partial charge in [-0.05, 0) is 68.6 Å². The van der Waals surface area contributed by atoms with E-state index in [2.05, 4.69) is 44.7 Å². The SMILES string of the molecule is Br.CCCN(CCC)CC(c1c(C)cccc1C)C(OC)c1c(F)cccc1F. The summed E-state index contributed by atoms with van der Waals surface area (Å²) in [7, 11) is 1.54. The first-order valence-electron chi connectivity index (χ1n) is 10.2. The van der Waals surface area contributed by atoms with Crippen LogP contribution >= 0.6 is 17.0 Å². The molecule has 0 spiro atoms. The number of halogens is 3. The van der Waals surface area contributed by atoms with E-state index < -0.39 is 17.7 Å². The van der Waals surface area contributed by atoms with E-state index in [0.29, 0.717) is 6.54 Å². The van der Waals surface area contributed by atoms with E-state index in [1.165, 1.54) is 18.2 Å². The number of hydrogen-bond donors (Lipinski definition) is 0. The molecular weight excluding hydrogens is 436 g/mol. The van der Waals surface area contributed by atoms with Crippen LogP contribution in [0.1, 0.15) is 61.0 Å². The molecule has 0 aromatic heterocycles. The Morgan fingerprint density at radius 3 is 1.79 bits per heavy atom. The van der Waals surface area contributed by atoms with Crippen LogP contribution in [0.25, 0.3) is 0 Å². The molecule has 2 unspecified atom stereocenters. The van der Waals surface area contributed by atoms with Gasteiger partial charge in [0.1, 0.15) is 11.6 Å². The van der Waals surface area contributed by atoms with E-state index in [1.807, 2.05) is 6.07 Å². The molecule has 0 aliphatic heterocycles. The predicted molar refractivity (Wildman–Crippen MR) is 122 cm³/mol. The largest absolute Gasteiger partial charge is 0.376 e. The molecule has 0 bridgehead atoms. The number of nitrogens with zero attached hydrogens (tertiary/aromatic N) is 1. The number of benzene rings is 2. The van der Waals surface area contributed by atoms with Crippen molar-refractivity contribution in [3.05, 3.63) is 70.3 Å². The van der Waals surface area contributed by atoms with Crippen molar-refractivity contribution in [2.24, 2.45) is 0 Å². The highest BCUT2D eigenvalue weighted by Crippen LogP contribution is 2.39. The van der Waals surface area contributed by atoms with Gasteiger partial charge in [-0.3, -0.25) is 0 Å². The van der Waals surface area contributed by atoms with Crippen LogP contribution in [-0.2, 0) is 4.74 Å². The molecule has 2 nitrogen and oxygen atoms in total. The number of methoxy groups -OCH3 is 1. The molecular formula is C24H34BrF2NO. The summed E-state index contributed by atoms with van der Waals surface area (Å²) in [6, 6.07) is 10.2. The molecule has 0 amide bonds. The standard InChI is InChI=1S/C24H33F2NO.BrH/c1-6-14-27(15-7-2)16-19(22-17(3)10-8-11-18(22)4)24(28-5)23-20(25)12-9-13-21(23)26;/h8-13,19,24H,6-7,14-16H2,1-5H3;1H. The van der Waals surface area contributed by atoms with Gasteiger partial charge in [-0.1, -0.05) is 38.1 Å². The zero-order valence-corrected chi connectivity index (χ0v) is 19.9. The second-order valence-electron chi connectivity index (χ2n) is 7.50. The molecule has 0 radical (unpaired) electrons. The van der Waals surface area contributed by atoms with Gasteiger partial charge >= 0.3 is 0 Å². The lowest BCUT2D eigenvalue weighted by molar-refractivity contribution is 0.0574. The van der Waals surface area contributed by atoms with Crippen LogP contribution in [0.2, 0.25) is 0 Å². The molecule has 2 aromatic carbocycles. The van der Waals surface area contributed by atoms with Gasteiger partial charge in [0.25, 0.3) is 0 Å². The Labute approximate surface area is 185 Å². The Morgan fingerprint density at radius 2 is 1.34 bits per heavy atom. The molecule has 0 saturated heterocycles. The van der Waals surface area contributed by atoms with Crippen LogP contribution in [-0.4, -0.2) is 31.6 Å². The van der Waals surface area contributed by atoms with Crippen LogP contribution < -0.4 is 0 Å². The summed E-state index contributed by atoms with van der Waals surface area (Å²) in [5, 5.41) is 0. The van der Waals surface area contributed by atoms with Crippen molar-refractivity contribution < 1.29 is 13.5 Å². The minimum atomic E-state index is -0.697. The van der Waals surface area contributed by atoms with Crippen molar-refractivity contribution in [1.82, 2.24) is 4.90 Å². The van der Waals surface area contributed by atoms with Crippen LogP contribution in [0.15, 0.2) is 36.4 Å². The molecule has 29 heavy (non-hydrogen) atoms. The Bertz CT molecular complexity index is 722. The van der Waals surface area contributed by atoms with Gasteiger partial charge in [0.05, 0.1) is 11.7 Å². The highest BCUT2D eigenvalue weighted by molar-refractivity contribution is 8.93. The topological polar surface area (TPSA) is 12.5 Å². The summed E-state index contributed by atoms with van der Waals surface area (Å²) >= 11 is 0. The molecule has 2 aromatic rings. The van der Waals surface area contributed by atoms with Crippen LogP contribution in [0.5, 0.6) is 0 Å². The summed E-state index contributed by atoms with van der Waals surface area (Å²) < 4.78 is 35.1. The first-order valence-corrected chi connectivity index (χ1v) is 10.2. The number of aryl methyl sites for hydroxylation is 2. The Balaban J connectivity index is 0.00000420. The van der Waals surface area contributed by atoms with Gasteiger partial charge in [0, 0.05) is 19.6 Å². The van der Waals surface area contributed by atoms with E-state index in [-0.39, 0.29) is 28.5 Å². The van der Waals surface area contributed by atoms with Gasteiger partial charge in [0.15, 0.2) is 0 Å². The molecule has 2 rings (SSSR count). The van der Waals surface area contributed by atoms with Crippen LogP contribution in [0.3, 0.4) is 0 Å². The number of rotatable bonds is 10. The summed E-state index contributed by atoms with van der Waals surface area (Å²) in [4.78, 5) is 2.38. The molecule has 162 valence electrons. The maximum Gasteiger partial charge on any atom is 0.131 e. The average Bonchev–Trinajstić information content (AvgIpc) is 2.64. The third-order valence-electron chi connectivity index (χ3n) is 5.35. The second kappa shape index (κ2) is 12.4. The lowest BCUT2D eigenvalue weighted by atomic mass is 9.83. The molecule has 0 N–H and O–H groups in total. The second-order valence-corrected chi connectivity index (χ2v) is 7.50. The smallest absolute Gasteiger partial charge is 0.131 e. The van der Waals surface area contributed by atoms with E-state index >= 15 is 0 Å². The highest BCUT2D eigenvalue weighted by atomic mass is 79.9. The van der Waals surface area contributed by atoms with Crippen molar-refractivity contribution in [2.45, 2.75) is 52.6 Å². The number of ether oxygens (including phenoxy) is 1. The Hall–Kier alpha value is -1.30. The van der Waals surface area contributed by atoms with E-state index in [1.54, 1.807) is 7.11 Å². The minimum Gasteiger partial charge on any atom is -0.376 e. The molecule has 2 atom stereocenters. The van der Waals surface area contributed by atoms with Gasteiger partial charge in [0.2, 0.25) is 0 Å². The molecule has 0 saturated carbocycles. The minimum absolute atomic E-state index is 0. The van der Waals surface area contributed by atoms with Crippen molar-refractivity contribution in [2.75, 3.05) is 26.7 Å². The first kappa shape index (κ1) is 25.7. The van der Waals surface area contributed by atoms with Crippen molar-refractivity contribution >= 4 is 17.0 Å². The lowest BCUT2D eigenvalue weighted by Crippen LogP contribution is -2.34. The van der Waals surface area contributed by atoms with Gasteiger partial charge in [-0.2, -0.15) is 0 Å². The number of hydrogen-bond acceptors (Lipinski definition) is 2. The van der Waals surface area contributed by atoms with Crippen LogP contribution in [0.4, 0.5) is 8.78 Å². The third kappa shape index (κ3) is 6.34. The summed E-state index contributed by atoms with van der Waals surface area (Å²) in [6.45, 7) is 11.0. The quantitative estimate of drug-likeness (QED) is 0.381. The normalized spacial score (nSPS) is 13.2. The van der Waals surface area contributed by atoms with Gasteiger partial charge in [-0.15, -0.1) is 17.0 Å². The van der Waals surface area contributed by atoms with Gasteiger partial charge < -0.3 is 9.64 Å². The maximum atomic E-state index is 14.7. The summed E-state index contributed by atoms with van der Waals surface area (Å²) in [5.41, 5.74) is 3.38. The monoisotopic (exact) mass is 469 g/mol. The molecule has 0 fully saturated rings. The Kier molecular flexibility index (Phi) is 11.0. The highest BCUT2D eigenvalue weighted by Gasteiger charge is 2.32. The maximum absolute atomic E-state index is 14.7. The summed E-state index contributed by atoms with van der Waals surface area (Å²) in [5.74, 6) is -1.28. The first-order chi connectivity index (χ1) is 13.4. The van der Waals surface area contributed by atoms with E-state index in [4.69, 9.17) is 4.74 Å².